The van der Waals surface area contributed by atoms with Gasteiger partial charge in [0.2, 0.25) is 5.91 Å². The summed E-state index contributed by atoms with van der Waals surface area (Å²) in [7, 11) is -3.78. The molecule has 1 heterocycles. The molecular weight excluding hydrogens is 462 g/mol. The quantitative estimate of drug-likeness (QED) is 0.525. The van der Waals surface area contributed by atoms with E-state index in [1.54, 1.807) is 41.3 Å². The summed E-state index contributed by atoms with van der Waals surface area (Å²) in [5.74, 6) is -0.338. The zero-order chi connectivity index (χ0) is 23.6. The van der Waals surface area contributed by atoms with Gasteiger partial charge in [-0.2, -0.15) is 0 Å². The average Bonchev–Trinajstić information content (AvgIpc) is 3.20. The second-order valence-corrected chi connectivity index (χ2v) is 9.85. The van der Waals surface area contributed by atoms with E-state index in [0.717, 1.165) is 17.7 Å². The van der Waals surface area contributed by atoms with Crippen LogP contribution in [-0.2, 0) is 14.8 Å². The molecule has 4 rings (SSSR count). The molecule has 2 amide bonds. The second-order valence-electron chi connectivity index (χ2n) is 7.76. The minimum atomic E-state index is -3.78. The average molecular weight is 484 g/mol. The van der Waals surface area contributed by atoms with Crippen LogP contribution in [0, 0.1) is 6.92 Å². The van der Waals surface area contributed by atoms with Crippen LogP contribution >= 0.6 is 11.6 Å². The van der Waals surface area contributed by atoms with Crippen molar-refractivity contribution in [3.8, 4) is 0 Å². The van der Waals surface area contributed by atoms with Gasteiger partial charge in [-0.15, -0.1) is 0 Å². The van der Waals surface area contributed by atoms with Crippen molar-refractivity contribution in [1.29, 1.82) is 0 Å². The maximum atomic E-state index is 12.7. The van der Waals surface area contributed by atoms with Crippen LogP contribution in [0.2, 0.25) is 5.02 Å². The molecule has 33 heavy (non-hydrogen) atoms. The number of carbonyl (C=O) groups is 2. The molecule has 7 nitrogen and oxygen atoms in total. The monoisotopic (exact) mass is 483 g/mol. The number of sulfonamides is 1. The third kappa shape index (κ3) is 5.18. The lowest BCUT2D eigenvalue weighted by molar-refractivity contribution is -0.117. The Morgan fingerprint density at radius 3 is 2.24 bits per heavy atom. The number of nitrogens with one attached hydrogen (secondary N) is 2. The van der Waals surface area contributed by atoms with Crippen LogP contribution in [-0.4, -0.2) is 26.8 Å². The molecule has 1 aliphatic rings. The molecule has 0 spiro atoms. The molecule has 0 saturated carbocycles. The third-order valence-electron chi connectivity index (χ3n) is 5.31. The van der Waals surface area contributed by atoms with Gasteiger partial charge in [-0.05, 0) is 67.9 Å². The molecular formula is C24H22ClN3O4S. The first-order chi connectivity index (χ1) is 15.7. The highest BCUT2D eigenvalue weighted by Gasteiger charge is 2.21. The Kier molecular flexibility index (Phi) is 6.40. The maximum absolute atomic E-state index is 12.7. The van der Waals surface area contributed by atoms with E-state index in [4.69, 9.17) is 11.6 Å². The number of rotatable bonds is 6. The highest BCUT2D eigenvalue weighted by Crippen LogP contribution is 2.26. The van der Waals surface area contributed by atoms with Crippen molar-refractivity contribution in [2.24, 2.45) is 0 Å². The molecule has 1 fully saturated rings. The van der Waals surface area contributed by atoms with Crippen molar-refractivity contribution in [2.75, 3.05) is 21.5 Å². The number of aryl methyl sites for hydroxylation is 1. The lowest BCUT2D eigenvalue weighted by atomic mass is 10.2. The van der Waals surface area contributed by atoms with Gasteiger partial charge in [-0.25, -0.2) is 8.42 Å². The first-order valence-corrected chi connectivity index (χ1v) is 12.2. The largest absolute Gasteiger partial charge is 0.322 e. The smallest absolute Gasteiger partial charge is 0.261 e. The van der Waals surface area contributed by atoms with Crippen molar-refractivity contribution in [3.63, 3.8) is 0 Å². The lowest BCUT2D eigenvalue weighted by Gasteiger charge is -2.16. The molecule has 0 aromatic heterocycles. The Balaban J connectivity index is 1.44. The van der Waals surface area contributed by atoms with Crippen molar-refractivity contribution < 1.29 is 18.0 Å². The van der Waals surface area contributed by atoms with E-state index in [1.807, 2.05) is 6.92 Å². The zero-order valence-electron chi connectivity index (χ0n) is 17.8. The summed E-state index contributed by atoms with van der Waals surface area (Å²) in [5.41, 5.74) is 2.74. The first kappa shape index (κ1) is 22.8. The van der Waals surface area contributed by atoms with E-state index in [9.17, 15) is 18.0 Å². The van der Waals surface area contributed by atoms with E-state index >= 15 is 0 Å². The molecule has 1 saturated heterocycles. The van der Waals surface area contributed by atoms with Gasteiger partial charge in [-0.3, -0.25) is 14.3 Å². The number of anilines is 3. The SMILES string of the molecule is Cc1ccc(S(=O)(=O)Nc2ccc(C(=O)Nc3ccc(N4CCCC4=O)cc3)c(Cl)c2)cc1. The predicted molar refractivity (Wildman–Crippen MR) is 129 cm³/mol. The standard InChI is InChI=1S/C24H22ClN3O4S/c1-16-4-11-20(12-5-16)33(31,32)27-18-8-13-21(22(25)15-18)24(30)26-17-6-9-19(10-7-17)28-14-2-3-23(28)29/h4-13,15,27H,2-3,14H2,1H3,(H,26,30). The molecule has 3 aromatic carbocycles. The number of benzene rings is 3. The Morgan fingerprint density at radius 1 is 0.970 bits per heavy atom. The molecule has 9 heteroatoms. The fourth-order valence-corrected chi connectivity index (χ4v) is 4.85. The van der Waals surface area contributed by atoms with Gasteiger partial charge in [0.05, 0.1) is 21.2 Å². The molecule has 1 aliphatic heterocycles. The highest BCUT2D eigenvalue weighted by atomic mass is 35.5. The topological polar surface area (TPSA) is 95.6 Å². The van der Waals surface area contributed by atoms with Crippen LogP contribution in [0.25, 0.3) is 0 Å². The van der Waals surface area contributed by atoms with E-state index in [2.05, 4.69) is 10.0 Å². The Labute approximate surface area is 197 Å². The van der Waals surface area contributed by atoms with Gasteiger partial charge in [0.15, 0.2) is 0 Å². The highest BCUT2D eigenvalue weighted by molar-refractivity contribution is 7.92. The molecule has 2 N–H and O–H groups in total. The van der Waals surface area contributed by atoms with Crippen LogP contribution in [0.4, 0.5) is 17.1 Å². The van der Waals surface area contributed by atoms with Gasteiger partial charge in [0, 0.05) is 24.3 Å². The predicted octanol–water partition coefficient (Wildman–Crippen LogP) is 4.83. The molecule has 0 aliphatic carbocycles. The normalized spacial score (nSPS) is 13.8. The lowest BCUT2D eigenvalue weighted by Crippen LogP contribution is -2.23. The van der Waals surface area contributed by atoms with Gasteiger partial charge in [0.25, 0.3) is 15.9 Å². The summed E-state index contributed by atoms with van der Waals surface area (Å²) in [6.45, 7) is 2.57. The fraction of sp³-hybridized carbons (Fsp3) is 0.167. The molecule has 0 atom stereocenters. The molecule has 0 bridgehead atoms. The first-order valence-electron chi connectivity index (χ1n) is 10.3. The zero-order valence-corrected chi connectivity index (χ0v) is 19.4. The van der Waals surface area contributed by atoms with E-state index in [-0.39, 0.29) is 27.1 Å². The minimum Gasteiger partial charge on any atom is -0.322 e. The number of hydrogen-bond donors (Lipinski definition) is 2. The number of hydrogen-bond acceptors (Lipinski definition) is 4. The van der Waals surface area contributed by atoms with Crippen LogP contribution in [0.5, 0.6) is 0 Å². The van der Waals surface area contributed by atoms with Crippen molar-refractivity contribution in [3.05, 3.63) is 82.9 Å². The summed E-state index contributed by atoms with van der Waals surface area (Å²) in [6, 6.07) is 17.8. The maximum Gasteiger partial charge on any atom is 0.261 e. The van der Waals surface area contributed by atoms with Gasteiger partial charge < -0.3 is 10.2 Å². The van der Waals surface area contributed by atoms with Gasteiger partial charge in [-0.1, -0.05) is 29.3 Å². The Hall–Kier alpha value is -3.36. The van der Waals surface area contributed by atoms with Crippen molar-refractivity contribution >= 4 is 50.5 Å². The fourth-order valence-electron chi connectivity index (χ4n) is 3.54. The number of nitrogens with zero attached hydrogens (tertiary/aromatic N) is 1. The summed E-state index contributed by atoms with van der Waals surface area (Å²) in [4.78, 5) is 26.4. The van der Waals surface area contributed by atoms with E-state index < -0.39 is 15.9 Å². The van der Waals surface area contributed by atoms with Crippen LogP contribution in [0.15, 0.2) is 71.6 Å². The summed E-state index contributed by atoms with van der Waals surface area (Å²) in [5, 5.41) is 2.87. The Morgan fingerprint density at radius 2 is 1.64 bits per heavy atom. The summed E-state index contributed by atoms with van der Waals surface area (Å²) in [6.07, 6.45) is 1.39. The van der Waals surface area contributed by atoms with E-state index in [1.165, 1.54) is 30.3 Å². The number of halogens is 1. The van der Waals surface area contributed by atoms with Gasteiger partial charge in [0.1, 0.15) is 0 Å². The summed E-state index contributed by atoms with van der Waals surface area (Å²) < 4.78 is 27.6. The van der Waals surface area contributed by atoms with Gasteiger partial charge >= 0.3 is 0 Å². The second kappa shape index (κ2) is 9.25. The molecule has 0 radical (unpaired) electrons. The molecule has 3 aromatic rings. The molecule has 0 unspecified atom stereocenters. The van der Waals surface area contributed by atoms with Crippen molar-refractivity contribution in [1.82, 2.24) is 0 Å². The van der Waals surface area contributed by atoms with Crippen LogP contribution < -0.4 is 14.9 Å². The minimum absolute atomic E-state index is 0.0941. The third-order valence-corrected chi connectivity index (χ3v) is 7.02. The Bertz CT molecular complexity index is 1310. The van der Waals surface area contributed by atoms with Crippen LogP contribution in [0.1, 0.15) is 28.8 Å². The van der Waals surface area contributed by atoms with Crippen LogP contribution in [0.3, 0.4) is 0 Å². The number of amides is 2. The van der Waals surface area contributed by atoms with Crippen molar-refractivity contribution in [2.45, 2.75) is 24.7 Å². The number of carbonyl (C=O) groups excluding carboxylic acids is 2. The molecule has 170 valence electrons. The van der Waals surface area contributed by atoms with E-state index in [0.29, 0.717) is 18.7 Å². The summed E-state index contributed by atoms with van der Waals surface area (Å²) >= 11 is 6.27.